The van der Waals surface area contributed by atoms with Gasteiger partial charge in [-0.1, -0.05) is 39.0 Å². The van der Waals surface area contributed by atoms with Crippen LogP contribution < -0.4 is 0 Å². The molecule has 1 aromatic carbocycles. The van der Waals surface area contributed by atoms with Crippen LogP contribution in [0.4, 0.5) is 0 Å². The van der Waals surface area contributed by atoms with E-state index >= 15 is 0 Å². The first-order chi connectivity index (χ1) is 13.7. The Bertz CT molecular complexity index is 937. The number of hydrogen-bond donors (Lipinski definition) is 0. The zero-order valence-corrected chi connectivity index (χ0v) is 17.5. The van der Waals surface area contributed by atoms with Gasteiger partial charge in [-0.25, -0.2) is 4.79 Å². The van der Waals surface area contributed by atoms with E-state index in [1.165, 1.54) is 4.80 Å². The van der Waals surface area contributed by atoms with E-state index in [0.29, 0.717) is 5.69 Å². The Balaban J connectivity index is 1.40. The highest BCUT2D eigenvalue weighted by Gasteiger charge is 2.50. The molecule has 1 aliphatic carbocycles. The molecule has 2 unspecified atom stereocenters. The summed E-state index contributed by atoms with van der Waals surface area (Å²) < 4.78 is 5.32. The maximum Gasteiger partial charge on any atom is 0.361 e. The SMILES string of the molecule is Cc1nn(-c2ccccc2)nc1C(=O)OCC(=O)N1CC2(C)CC1CC(C)(C)C2. The smallest absolute Gasteiger partial charge is 0.361 e. The van der Waals surface area contributed by atoms with Crippen molar-refractivity contribution in [1.82, 2.24) is 19.9 Å². The average Bonchev–Trinajstić information content (AvgIpc) is 3.16. The number of benzene rings is 1. The molecule has 154 valence electrons. The Hall–Kier alpha value is -2.70. The van der Waals surface area contributed by atoms with Gasteiger partial charge in [0.05, 0.1) is 11.4 Å². The Morgan fingerprint density at radius 3 is 2.59 bits per heavy atom. The number of aromatic nitrogens is 3. The maximum atomic E-state index is 12.8. The number of rotatable bonds is 4. The number of amides is 1. The highest BCUT2D eigenvalue weighted by Crippen LogP contribution is 2.52. The second-order valence-electron chi connectivity index (χ2n) is 9.57. The fraction of sp³-hybridized carbons (Fsp3) is 0.545. The van der Waals surface area contributed by atoms with Crippen LogP contribution in [0.2, 0.25) is 0 Å². The molecular weight excluding hydrogens is 368 g/mol. The summed E-state index contributed by atoms with van der Waals surface area (Å²) in [5, 5.41) is 8.53. The first-order valence-electron chi connectivity index (χ1n) is 10.1. The van der Waals surface area contributed by atoms with Crippen LogP contribution in [0.1, 0.15) is 56.2 Å². The minimum atomic E-state index is -0.619. The number of esters is 1. The largest absolute Gasteiger partial charge is 0.451 e. The van der Waals surface area contributed by atoms with Crippen LogP contribution >= 0.6 is 0 Å². The van der Waals surface area contributed by atoms with Gasteiger partial charge in [-0.05, 0) is 49.1 Å². The molecule has 0 N–H and O–H groups in total. The normalized spacial score (nSPS) is 25.1. The Morgan fingerprint density at radius 2 is 1.86 bits per heavy atom. The highest BCUT2D eigenvalue weighted by molar-refractivity contribution is 5.90. The minimum absolute atomic E-state index is 0.127. The van der Waals surface area contributed by atoms with E-state index < -0.39 is 5.97 Å². The zero-order chi connectivity index (χ0) is 20.8. The third-order valence-corrected chi connectivity index (χ3v) is 6.02. The van der Waals surface area contributed by atoms with Crippen LogP contribution in [0.5, 0.6) is 0 Å². The van der Waals surface area contributed by atoms with Crippen LogP contribution in [0.3, 0.4) is 0 Å². The molecule has 1 amide bonds. The molecule has 1 aliphatic heterocycles. The predicted molar refractivity (Wildman–Crippen MR) is 108 cm³/mol. The number of nitrogens with zero attached hydrogens (tertiary/aromatic N) is 4. The quantitative estimate of drug-likeness (QED) is 0.742. The van der Waals surface area contributed by atoms with Gasteiger partial charge in [0.15, 0.2) is 12.3 Å². The lowest BCUT2D eigenvalue weighted by Crippen LogP contribution is -2.39. The number of likely N-dealkylation sites (tertiary alicyclic amines) is 1. The van der Waals surface area contributed by atoms with E-state index in [-0.39, 0.29) is 35.1 Å². The van der Waals surface area contributed by atoms with Crippen molar-refractivity contribution in [3.05, 3.63) is 41.7 Å². The lowest BCUT2D eigenvalue weighted by atomic mass is 9.65. The molecule has 7 heteroatoms. The van der Waals surface area contributed by atoms with E-state index in [9.17, 15) is 9.59 Å². The van der Waals surface area contributed by atoms with Crippen molar-refractivity contribution in [1.29, 1.82) is 0 Å². The summed E-state index contributed by atoms with van der Waals surface area (Å²) in [6, 6.07) is 9.58. The van der Waals surface area contributed by atoms with E-state index in [1.54, 1.807) is 6.92 Å². The van der Waals surface area contributed by atoms with Crippen molar-refractivity contribution in [3.63, 3.8) is 0 Å². The molecule has 2 heterocycles. The molecule has 29 heavy (non-hydrogen) atoms. The molecule has 0 radical (unpaired) electrons. The monoisotopic (exact) mass is 396 g/mol. The van der Waals surface area contributed by atoms with Gasteiger partial charge in [-0.2, -0.15) is 9.90 Å². The summed E-state index contributed by atoms with van der Waals surface area (Å²) >= 11 is 0. The third-order valence-electron chi connectivity index (χ3n) is 6.02. The molecule has 1 aromatic heterocycles. The minimum Gasteiger partial charge on any atom is -0.451 e. The van der Waals surface area contributed by atoms with E-state index in [2.05, 4.69) is 31.0 Å². The van der Waals surface area contributed by atoms with E-state index in [1.807, 2.05) is 35.2 Å². The first-order valence-corrected chi connectivity index (χ1v) is 10.1. The second-order valence-corrected chi connectivity index (χ2v) is 9.57. The van der Waals surface area contributed by atoms with Crippen molar-refractivity contribution in [3.8, 4) is 5.69 Å². The van der Waals surface area contributed by atoms with Gasteiger partial charge in [0.1, 0.15) is 0 Å². The fourth-order valence-corrected chi connectivity index (χ4v) is 5.27. The Labute approximate surface area is 171 Å². The number of carbonyl (C=O) groups excluding carboxylic acids is 2. The van der Waals surface area contributed by atoms with E-state index in [0.717, 1.165) is 31.5 Å². The standard InChI is InChI=1S/C22H28N4O3/c1-15-19(24-26(23-15)16-8-6-5-7-9-16)20(28)29-12-18(27)25-14-22(4)11-17(25)10-21(2,3)13-22/h5-9,17H,10-14H2,1-4H3. The molecule has 2 aliphatic rings. The van der Waals surface area contributed by atoms with Gasteiger partial charge in [0, 0.05) is 12.6 Å². The molecule has 2 fully saturated rings. The maximum absolute atomic E-state index is 12.8. The average molecular weight is 396 g/mol. The number of para-hydroxylation sites is 1. The van der Waals surface area contributed by atoms with Crippen molar-refractivity contribution in [2.75, 3.05) is 13.2 Å². The molecule has 2 bridgehead atoms. The number of hydrogen-bond acceptors (Lipinski definition) is 5. The number of carbonyl (C=O) groups is 2. The number of ether oxygens (including phenoxy) is 1. The summed E-state index contributed by atoms with van der Waals surface area (Å²) in [6.07, 6.45) is 3.13. The summed E-state index contributed by atoms with van der Waals surface area (Å²) in [6.45, 7) is 8.97. The van der Waals surface area contributed by atoms with Crippen molar-refractivity contribution < 1.29 is 14.3 Å². The van der Waals surface area contributed by atoms with Gasteiger partial charge in [0.25, 0.3) is 5.91 Å². The molecule has 2 aromatic rings. The molecule has 1 saturated carbocycles. The molecule has 0 spiro atoms. The molecular formula is C22H28N4O3. The van der Waals surface area contributed by atoms with Gasteiger partial charge >= 0.3 is 5.97 Å². The van der Waals surface area contributed by atoms with Crippen LogP contribution in [0.25, 0.3) is 5.69 Å². The van der Waals surface area contributed by atoms with Crippen LogP contribution in [-0.4, -0.2) is 51.0 Å². The number of fused-ring (bicyclic) bond motifs is 2. The molecule has 4 rings (SSSR count). The third kappa shape index (κ3) is 3.91. The fourth-order valence-electron chi connectivity index (χ4n) is 5.27. The zero-order valence-electron chi connectivity index (χ0n) is 17.5. The summed E-state index contributed by atoms with van der Waals surface area (Å²) in [4.78, 5) is 28.6. The summed E-state index contributed by atoms with van der Waals surface area (Å²) in [5.41, 5.74) is 1.75. The lowest BCUT2D eigenvalue weighted by Gasteiger charge is -2.39. The van der Waals surface area contributed by atoms with Crippen LogP contribution in [-0.2, 0) is 9.53 Å². The van der Waals surface area contributed by atoms with E-state index in [4.69, 9.17) is 4.74 Å². The summed E-state index contributed by atoms with van der Waals surface area (Å²) in [7, 11) is 0. The first kappa shape index (κ1) is 19.6. The molecule has 2 atom stereocenters. The second kappa shape index (κ2) is 6.97. The summed E-state index contributed by atoms with van der Waals surface area (Å²) in [5.74, 6) is -0.746. The van der Waals surface area contributed by atoms with Gasteiger partial charge in [0.2, 0.25) is 0 Å². The van der Waals surface area contributed by atoms with Crippen LogP contribution in [0, 0.1) is 17.8 Å². The Morgan fingerprint density at radius 1 is 1.14 bits per heavy atom. The highest BCUT2D eigenvalue weighted by atomic mass is 16.5. The lowest BCUT2D eigenvalue weighted by molar-refractivity contribution is -0.135. The van der Waals surface area contributed by atoms with Crippen molar-refractivity contribution in [2.24, 2.45) is 10.8 Å². The molecule has 7 nitrogen and oxygen atoms in total. The molecule has 1 saturated heterocycles. The topological polar surface area (TPSA) is 77.3 Å². The van der Waals surface area contributed by atoms with Crippen molar-refractivity contribution >= 4 is 11.9 Å². The van der Waals surface area contributed by atoms with Gasteiger partial charge < -0.3 is 9.64 Å². The predicted octanol–water partition coefficient (Wildman–Crippen LogP) is 3.16. The van der Waals surface area contributed by atoms with Gasteiger partial charge in [-0.15, -0.1) is 5.10 Å². The number of aryl methyl sites for hydroxylation is 1. The Kier molecular flexibility index (Phi) is 4.71. The van der Waals surface area contributed by atoms with Crippen molar-refractivity contribution in [2.45, 2.75) is 53.0 Å². The van der Waals surface area contributed by atoms with Crippen LogP contribution in [0.15, 0.2) is 30.3 Å². The van der Waals surface area contributed by atoms with Gasteiger partial charge in [-0.3, -0.25) is 4.79 Å².